The van der Waals surface area contributed by atoms with Crippen molar-refractivity contribution in [3.05, 3.63) is 24.3 Å². The molecule has 21 heavy (non-hydrogen) atoms. The average molecular weight is 307 g/mol. The quantitative estimate of drug-likeness (QED) is 0.926. The molecule has 2 saturated carbocycles. The molecule has 0 radical (unpaired) electrons. The van der Waals surface area contributed by atoms with Gasteiger partial charge in [-0.05, 0) is 60.3 Å². The van der Waals surface area contributed by atoms with Crippen LogP contribution in [0.2, 0.25) is 0 Å². The average Bonchev–Trinajstić information content (AvgIpc) is 2.85. The molecule has 0 aliphatic heterocycles. The Morgan fingerprint density at radius 1 is 1.14 bits per heavy atom. The number of rotatable bonds is 3. The first-order valence-corrected chi connectivity index (χ1v) is 9.59. The van der Waals surface area contributed by atoms with Gasteiger partial charge >= 0.3 is 0 Å². The third-order valence-electron chi connectivity index (χ3n) is 5.86. The molecule has 0 aromatic heterocycles. The normalized spacial score (nSPS) is 34.1. The number of nitrogens with one attached hydrogen (secondary N) is 1. The van der Waals surface area contributed by atoms with Gasteiger partial charge in [-0.25, -0.2) is 8.42 Å². The lowest BCUT2D eigenvalue weighted by atomic mass is 9.68. The molecule has 1 aromatic rings. The summed E-state index contributed by atoms with van der Waals surface area (Å²) in [5, 5.41) is 3.69. The molecule has 0 heterocycles. The molecule has 3 rings (SSSR count). The second-order valence-electron chi connectivity index (χ2n) is 7.79. The molecule has 0 spiro atoms. The lowest BCUT2D eigenvalue weighted by Gasteiger charge is -2.43. The third kappa shape index (κ3) is 2.37. The molecule has 3 nitrogen and oxygen atoms in total. The fourth-order valence-corrected chi connectivity index (χ4v) is 5.26. The van der Waals surface area contributed by atoms with Gasteiger partial charge in [0.2, 0.25) is 0 Å². The maximum Gasteiger partial charge on any atom is 0.175 e. The van der Waals surface area contributed by atoms with E-state index in [1.165, 1.54) is 25.5 Å². The Morgan fingerprint density at radius 2 is 1.76 bits per heavy atom. The monoisotopic (exact) mass is 307 g/mol. The molecule has 1 aromatic carbocycles. The predicted molar refractivity (Wildman–Crippen MR) is 86.2 cm³/mol. The maximum atomic E-state index is 11.5. The Bertz CT molecular complexity index is 643. The van der Waals surface area contributed by atoms with Gasteiger partial charge < -0.3 is 5.32 Å². The van der Waals surface area contributed by atoms with Crippen molar-refractivity contribution in [2.24, 2.45) is 16.7 Å². The number of hydrogen-bond donors (Lipinski definition) is 1. The van der Waals surface area contributed by atoms with Crippen molar-refractivity contribution in [1.29, 1.82) is 0 Å². The Balaban J connectivity index is 1.84. The first kappa shape index (κ1) is 14.9. The minimum Gasteiger partial charge on any atom is -0.381 e. The van der Waals surface area contributed by atoms with Crippen LogP contribution in [0.3, 0.4) is 0 Å². The summed E-state index contributed by atoms with van der Waals surface area (Å²) in [5.74, 6) is 0.801. The number of hydrogen-bond acceptors (Lipinski definition) is 3. The first-order valence-electron chi connectivity index (χ1n) is 7.70. The van der Waals surface area contributed by atoms with E-state index >= 15 is 0 Å². The van der Waals surface area contributed by atoms with Gasteiger partial charge in [-0.2, -0.15) is 0 Å². The summed E-state index contributed by atoms with van der Waals surface area (Å²) in [6.45, 7) is 7.12. The fourth-order valence-electron chi connectivity index (χ4n) is 4.63. The molecular weight excluding hydrogens is 282 g/mol. The van der Waals surface area contributed by atoms with Crippen molar-refractivity contribution < 1.29 is 8.42 Å². The van der Waals surface area contributed by atoms with Gasteiger partial charge in [0.05, 0.1) is 4.90 Å². The zero-order valence-electron chi connectivity index (χ0n) is 13.3. The summed E-state index contributed by atoms with van der Waals surface area (Å²) < 4.78 is 23.1. The fraction of sp³-hybridized carbons (Fsp3) is 0.647. The predicted octanol–water partition coefficient (Wildman–Crippen LogP) is 3.72. The van der Waals surface area contributed by atoms with Crippen molar-refractivity contribution in [2.75, 3.05) is 11.6 Å². The van der Waals surface area contributed by atoms with Gasteiger partial charge in [-0.15, -0.1) is 0 Å². The highest BCUT2D eigenvalue weighted by atomic mass is 32.2. The van der Waals surface area contributed by atoms with Crippen LogP contribution in [0.4, 0.5) is 5.69 Å². The summed E-state index contributed by atoms with van der Waals surface area (Å²) >= 11 is 0. The van der Waals surface area contributed by atoms with Crippen LogP contribution in [0.1, 0.15) is 40.0 Å². The molecular formula is C17H25NO2S. The van der Waals surface area contributed by atoms with Gasteiger partial charge in [0.25, 0.3) is 0 Å². The van der Waals surface area contributed by atoms with Gasteiger partial charge in [0.15, 0.2) is 9.84 Å². The summed E-state index contributed by atoms with van der Waals surface area (Å²) in [6, 6.07) is 7.62. The van der Waals surface area contributed by atoms with Gasteiger partial charge in [0.1, 0.15) is 0 Å². The van der Waals surface area contributed by atoms with Crippen molar-refractivity contribution in [3.63, 3.8) is 0 Å². The SMILES string of the molecule is CC12CCC(C1)C(C)(C)C2Nc1ccc(S(C)(=O)=O)cc1. The molecule has 2 bridgehead atoms. The van der Waals surface area contributed by atoms with E-state index in [1.807, 2.05) is 12.1 Å². The Kier molecular flexibility index (Phi) is 3.18. The number of sulfone groups is 1. The Labute approximate surface area is 128 Å². The Hall–Kier alpha value is -1.03. The van der Waals surface area contributed by atoms with E-state index in [9.17, 15) is 8.42 Å². The van der Waals surface area contributed by atoms with E-state index in [4.69, 9.17) is 0 Å². The van der Waals surface area contributed by atoms with Crippen molar-refractivity contribution in [2.45, 2.75) is 51.0 Å². The second-order valence-corrected chi connectivity index (χ2v) is 9.80. The number of fused-ring (bicyclic) bond motifs is 2. The van der Waals surface area contributed by atoms with Crippen LogP contribution in [-0.4, -0.2) is 20.7 Å². The second kappa shape index (κ2) is 4.48. The van der Waals surface area contributed by atoms with E-state index in [0.717, 1.165) is 11.6 Å². The van der Waals surface area contributed by atoms with Crippen molar-refractivity contribution in [3.8, 4) is 0 Å². The molecule has 2 fully saturated rings. The zero-order chi connectivity index (χ0) is 15.5. The highest BCUT2D eigenvalue weighted by Gasteiger charge is 2.59. The van der Waals surface area contributed by atoms with Crippen LogP contribution in [0.25, 0.3) is 0 Å². The van der Waals surface area contributed by atoms with Gasteiger partial charge in [-0.3, -0.25) is 0 Å². The van der Waals surface area contributed by atoms with Crippen molar-refractivity contribution >= 4 is 15.5 Å². The lowest BCUT2D eigenvalue weighted by molar-refractivity contribution is 0.155. The van der Waals surface area contributed by atoms with E-state index in [2.05, 4.69) is 26.1 Å². The molecule has 2 aliphatic carbocycles. The van der Waals surface area contributed by atoms with E-state index in [-0.39, 0.29) is 0 Å². The smallest absolute Gasteiger partial charge is 0.175 e. The van der Waals surface area contributed by atoms with Crippen LogP contribution in [0.5, 0.6) is 0 Å². The maximum absolute atomic E-state index is 11.5. The molecule has 4 heteroatoms. The summed E-state index contributed by atoms with van der Waals surface area (Å²) in [4.78, 5) is 0.381. The van der Waals surface area contributed by atoms with Crippen LogP contribution in [0, 0.1) is 16.7 Å². The molecule has 0 saturated heterocycles. The highest BCUT2D eigenvalue weighted by Crippen LogP contribution is 2.63. The van der Waals surface area contributed by atoms with E-state index in [0.29, 0.717) is 21.8 Å². The standard InChI is InChI=1S/C17H25NO2S/c1-16(2)12-9-10-17(3,11-12)15(16)18-13-5-7-14(8-6-13)21(4,19)20/h5-8,12,15,18H,9-11H2,1-4H3. The highest BCUT2D eigenvalue weighted by molar-refractivity contribution is 7.90. The first-order chi connectivity index (χ1) is 9.63. The van der Waals surface area contributed by atoms with Crippen LogP contribution >= 0.6 is 0 Å². The lowest BCUT2D eigenvalue weighted by Crippen LogP contribution is -2.45. The number of anilines is 1. The molecule has 3 unspecified atom stereocenters. The van der Waals surface area contributed by atoms with E-state index < -0.39 is 9.84 Å². The van der Waals surface area contributed by atoms with Crippen LogP contribution in [0.15, 0.2) is 29.2 Å². The summed E-state index contributed by atoms with van der Waals surface area (Å²) in [6.07, 6.45) is 5.18. The molecule has 2 aliphatic rings. The molecule has 116 valence electrons. The minimum absolute atomic E-state index is 0.294. The minimum atomic E-state index is -3.12. The Morgan fingerprint density at radius 3 is 2.24 bits per heavy atom. The largest absolute Gasteiger partial charge is 0.381 e. The van der Waals surface area contributed by atoms with Gasteiger partial charge in [0, 0.05) is 18.0 Å². The summed E-state index contributed by atoms with van der Waals surface area (Å²) in [7, 11) is -3.12. The van der Waals surface area contributed by atoms with Gasteiger partial charge in [-0.1, -0.05) is 20.8 Å². The van der Waals surface area contributed by atoms with E-state index in [1.54, 1.807) is 12.1 Å². The summed E-state index contributed by atoms with van der Waals surface area (Å²) in [5.41, 5.74) is 1.68. The molecule has 3 atom stereocenters. The third-order valence-corrected chi connectivity index (χ3v) is 6.99. The van der Waals surface area contributed by atoms with Crippen LogP contribution in [-0.2, 0) is 9.84 Å². The topological polar surface area (TPSA) is 46.2 Å². The molecule has 1 N–H and O–H groups in total. The number of benzene rings is 1. The zero-order valence-corrected chi connectivity index (χ0v) is 14.1. The molecule has 0 amide bonds. The van der Waals surface area contributed by atoms with Crippen molar-refractivity contribution in [1.82, 2.24) is 0 Å². The van der Waals surface area contributed by atoms with Crippen LogP contribution < -0.4 is 5.32 Å².